The fourth-order valence-electron chi connectivity index (χ4n) is 2.37. The maximum Gasteiger partial charge on any atom is 0.0551 e. The molecule has 1 heterocycles. The molecule has 0 fully saturated rings. The number of hydrogen-bond donors (Lipinski definition) is 0. The van der Waals surface area contributed by atoms with Crippen molar-refractivity contribution in [3.05, 3.63) is 42.0 Å². The van der Waals surface area contributed by atoms with Crippen molar-refractivity contribution in [2.24, 2.45) is 0 Å². The molecule has 0 atom stereocenters. The summed E-state index contributed by atoms with van der Waals surface area (Å²) in [5, 5.41) is 0. The SMILES string of the molecule is Cc1ccc2c(c1)Sc1cc(N(C)C)ccc1N2C. The van der Waals surface area contributed by atoms with Gasteiger partial charge in [-0.2, -0.15) is 0 Å². The minimum Gasteiger partial charge on any atom is -0.378 e. The number of nitrogens with zero attached hydrogens (tertiary/aromatic N) is 2. The first-order chi connectivity index (χ1) is 9.06. The van der Waals surface area contributed by atoms with Gasteiger partial charge in [-0.05, 0) is 42.8 Å². The van der Waals surface area contributed by atoms with E-state index in [9.17, 15) is 0 Å². The van der Waals surface area contributed by atoms with Crippen molar-refractivity contribution in [2.45, 2.75) is 16.7 Å². The first kappa shape index (κ1) is 12.4. The maximum absolute atomic E-state index is 2.28. The molecule has 19 heavy (non-hydrogen) atoms. The van der Waals surface area contributed by atoms with Gasteiger partial charge in [0.25, 0.3) is 0 Å². The van der Waals surface area contributed by atoms with Crippen LogP contribution in [-0.4, -0.2) is 21.1 Å². The number of rotatable bonds is 1. The van der Waals surface area contributed by atoms with Crippen molar-refractivity contribution < 1.29 is 0 Å². The van der Waals surface area contributed by atoms with Crippen LogP contribution >= 0.6 is 11.8 Å². The first-order valence-corrected chi connectivity index (χ1v) is 7.21. The van der Waals surface area contributed by atoms with Crippen molar-refractivity contribution in [1.82, 2.24) is 0 Å². The third-order valence-corrected chi connectivity index (χ3v) is 4.61. The standard InChI is InChI=1S/C16H18N2S/c1-11-5-7-13-15(9-11)19-16-10-12(17(2)3)6-8-14(16)18(13)4/h5-10H,1-4H3. The summed E-state index contributed by atoms with van der Waals surface area (Å²) in [6, 6.07) is 13.3. The van der Waals surface area contributed by atoms with E-state index in [1.165, 1.54) is 32.4 Å². The normalized spacial score (nSPS) is 12.9. The van der Waals surface area contributed by atoms with Gasteiger partial charge >= 0.3 is 0 Å². The fourth-order valence-corrected chi connectivity index (χ4v) is 3.65. The Hall–Kier alpha value is -1.61. The maximum atomic E-state index is 2.28. The molecule has 3 rings (SSSR count). The van der Waals surface area contributed by atoms with Gasteiger partial charge in [0.15, 0.2) is 0 Å². The Kier molecular flexibility index (Phi) is 2.94. The molecule has 1 aliphatic heterocycles. The minimum atomic E-state index is 1.25. The van der Waals surface area contributed by atoms with Gasteiger partial charge in [-0.25, -0.2) is 0 Å². The summed E-state index contributed by atoms with van der Waals surface area (Å²) in [7, 11) is 6.30. The Morgan fingerprint density at radius 2 is 1.58 bits per heavy atom. The van der Waals surface area contributed by atoms with Crippen LogP contribution in [0.25, 0.3) is 0 Å². The van der Waals surface area contributed by atoms with Crippen LogP contribution in [0.4, 0.5) is 17.1 Å². The number of benzene rings is 2. The lowest BCUT2D eigenvalue weighted by Gasteiger charge is -2.30. The molecule has 3 heteroatoms. The number of fused-ring (bicyclic) bond motifs is 2. The van der Waals surface area contributed by atoms with Crippen molar-refractivity contribution in [1.29, 1.82) is 0 Å². The molecule has 2 aromatic carbocycles. The summed E-state index contributed by atoms with van der Waals surface area (Å²) in [6.45, 7) is 2.15. The Morgan fingerprint density at radius 1 is 0.947 bits per heavy atom. The summed E-state index contributed by atoms with van der Waals surface area (Å²) >= 11 is 1.86. The molecule has 0 saturated heterocycles. The molecule has 0 bridgehead atoms. The second kappa shape index (κ2) is 4.49. The lowest BCUT2D eigenvalue weighted by atomic mass is 10.2. The molecule has 0 saturated carbocycles. The van der Waals surface area contributed by atoms with Gasteiger partial charge in [0.05, 0.1) is 11.4 Å². The molecule has 0 spiro atoms. The topological polar surface area (TPSA) is 6.48 Å². The summed E-state index contributed by atoms with van der Waals surface area (Å²) < 4.78 is 0. The van der Waals surface area contributed by atoms with Gasteiger partial charge in [0.1, 0.15) is 0 Å². The van der Waals surface area contributed by atoms with Crippen LogP contribution in [0.2, 0.25) is 0 Å². The number of hydrogen-bond acceptors (Lipinski definition) is 3. The van der Waals surface area contributed by atoms with E-state index < -0.39 is 0 Å². The Morgan fingerprint density at radius 3 is 2.26 bits per heavy atom. The quantitative estimate of drug-likeness (QED) is 0.763. The molecule has 1 aliphatic rings. The second-order valence-electron chi connectivity index (χ2n) is 5.18. The van der Waals surface area contributed by atoms with Gasteiger partial charge < -0.3 is 9.80 Å². The molecule has 0 aromatic heterocycles. The fraction of sp³-hybridized carbons (Fsp3) is 0.250. The number of aryl methyl sites for hydroxylation is 1. The zero-order valence-corrected chi connectivity index (χ0v) is 12.6. The van der Waals surface area contributed by atoms with Crippen molar-refractivity contribution in [3.63, 3.8) is 0 Å². The highest BCUT2D eigenvalue weighted by Gasteiger charge is 2.21. The Labute approximate surface area is 119 Å². The molecule has 98 valence electrons. The summed E-state index contributed by atoms with van der Waals surface area (Å²) in [5.41, 5.74) is 5.13. The molecule has 0 unspecified atom stereocenters. The van der Waals surface area contributed by atoms with E-state index in [4.69, 9.17) is 0 Å². The van der Waals surface area contributed by atoms with E-state index >= 15 is 0 Å². The summed E-state index contributed by atoms with van der Waals surface area (Å²) in [5.74, 6) is 0. The minimum absolute atomic E-state index is 1.25. The summed E-state index contributed by atoms with van der Waals surface area (Å²) in [4.78, 5) is 7.09. The van der Waals surface area contributed by atoms with Crippen LogP contribution in [0.1, 0.15) is 5.56 Å². The Bertz CT molecular complexity index is 635. The van der Waals surface area contributed by atoms with E-state index in [1.807, 2.05) is 11.8 Å². The van der Waals surface area contributed by atoms with Crippen LogP contribution < -0.4 is 9.80 Å². The first-order valence-electron chi connectivity index (χ1n) is 6.40. The van der Waals surface area contributed by atoms with Gasteiger partial charge in [-0.1, -0.05) is 17.8 Å². The van der Waals surface area contributed by atoms with E-state index in [2.05, 4.69) is 74.3 Å². The molecule has 0 aliphatic carbocycles. The largest absolute Gasteiger partial charge is 0.378 e. The highest BCUT2D eigenvalue weighted by molar-refractivity contribution is 7.99. The van der Waals surface area contributed by atoms with Gasteiger partial charge in [-0.15, -0.1) is 0 Å². The van der Waals surface area contributed by atoms with E-state index in [0.717, 1.165) is 0 Å². The highest BCUT2D eigenvalue weighted by atomic mass is 32.2. The van der Waals surface area contributed by atoms with Gasteiger partial charge in [0.2, 0.25) is 0 Å². The van der Waals surface area contributed by atoms with E-state index in [0.29, 0.717) is 0 Å². The van der Waals surface area contributed by atoms with E-state index in [-0.39, 0.29) is 0 Å². The predicted octanol–water partition coefficient (Wildman–Crippen LogP) is 4.29. The van der Waals surface area contributed by atoms with Gasteiger partial charge in [-0.3, -0.25) is 0 Å². The smallest absolute Gasteiger partial charge is 0.0551 e. The third-order valence-electron chi connectivity index (χ3n) is 3.52. The van der Waals surface area contributed by atoms with Crippen molar-refractivity contribution >= 4 is 28.8 Å². The number of anilines is 3. The monoisotopic (exact) mass is 270 g/mol. The van der Waals surface area contributed by atoms with Crippen molar-refractivity contribution in [2.75, 3.05) is 30.9 Å². The molecule has 2 nitrogen and oxygen atoms in total. The molecular formula is C16H18N2S. The second-order valence-corrected chi connectivity index (χ2v) is 6.26. The predicted molar refractivity (Wildman–Crippen MR) is 84.1 cm³/mol. The van der Waals surface area contributed by atoms with Gasteiger partial charge in [0, 0.05) is 36.6 Å². The van der Waals surface area contributed by atoms with E-state index in [1.54, 1.807) is 0 Å². The zero-order chi connectivity index (χ0) is 13.6. The average Bonchev–Trinajstić information content (AvgIpc) is 2.37. The van der Waals surface area contributed by atoms with Crippen LogP contribution in [0.3, 0.4) is 0 Å². The summed E-state index contributed by atoms with van der Waals surface area (Å²) in [6.07, 6.45) is 0. The molecule has 2 aromatic rings. The Balaban J connectivity index is 2.10. The van der Waals surface area contributed by atoms with Crippen LogP contribution in [-0.2, 0) is 0 Å². The molecular weight excluding hydrogens is 252 g/mol. The van der Waals surface area contributed by atoms with Crippen LogP contribution in [0, 0.1) is 6.92 Å². The average molecular weight is 270 g/mol. The highest BCUT2D eigenvalue weighted by Crippen LogP contribution is 2.48. The zero-order valence-electron chi connectivity index (χ0n) is 11.8. The van der Waals surface area contributed by atoms with Crippen LogP contribution in [0.15, 0.2) is 46.2 Å². The third kappa shape index (κ3) is 2.08. The lowest BCUT2D eigenvalue weighted by molar-refractivity contribution is 1.08. The lowest BCUT2D eigenvalue weighted by Crippen LogP contribution is -2.15. The molecule has 0 radical (unpaired) electrons. The molecule has 0 N–H and O–H groups in total. The molecule has 0 amide bonds. The van der Waals surface area contributed by atoms with Crippen molar-refractivity contribution in [3.8, 4) is 0 Å². The van der Waals surface area contributed by atoms with Crippen LogP contribution in [0.5, 0.6) is 0 Å².